The third-order valence-electron chi connectivity index (χ3n) is 4.36. The van der Waals surface area contributed by atoms with Gasteiger partial charge in [-0.2, -0.15) is 13.2 Å². The molecule has 0 aliphatic carbocycles. The Bertz CT molecular complexity index is 844. The van der Waals surface area contributed by atoms with Crippen molar-refractivity contribution < 1.29 is 22.8 Å². The molecular weight excluding hydrogens is 355 g/mol. The van der Waals surface area contributed by atoms with Gasteiger partial charge in [0.2, 0.25) is 5.91 Å². The normalized spacial score (nSPS) is 12.5. The lowest BCUT2D eigenvalue weighted by atomic mass is 9.99. The molecule has 0 saturated carbocycles. The number of carbonyl (C=O) groups is 2. The van der Waals surface area contributed by atoms with Crippen molar-refractivity contribution in [3.63, 3.8) is 0 Å². The maximum absolute atomic E-state index is 12.8. The minimum atomic E-state index is -4.43. The van der Waals surface area contributed by atoms with Crippen molar-refractivity contribution in [3.05, 3.63) is 70.3 Å². The number of carbonyl (C=O) groups excluding carboxylic acids is 2. The molecule has 0 bridgehead atoms. The van der Waals surface area contributed by atoms with E-state index >= 15 is 0 Å². The topological polar surface area (TPSA) is 46.2 Å². The lowest BCUT2D eigenvalue weighted by Gasteiger charge is -2.16. The third kappa shape index (κ3) is 5.67. The highest BCUT2D eigenvalue weighted by Crippen LogP contribution is 2.30. The van der Waals surface area contributed by atoms with E-state index in [2.05, 4.69) is 5.32 Å². The summed E-state index contributed by atoms with van der Waals surface area (Å²) in [5.74, 6) is -0.503. The lowest BCUT2D eigenvalue weighted by molar-refractivity contribution is -0.137. The summed E-state index contributed by atoms with van der Waals surface area (Å²) in [7, 11) is 0. The Labute approximate surface area is 156 Å². The van der Waals surface area contributed by atoms with Crippen LogP contribution in [0.2, 0.25) is 0 Å². The van der Waals surface area contributed by atoms with Gasteiger partial charge in [-0.3, -0.25) is 9.59 Å². The van der Waals surface area contributed by atoms with Crippen LogP contribution in [0.4, 0.5) is 13.2 Å². The van der Waals surface area contributed by atoms with Crippen LogP contribution in [0, 0.1) is 13.8 Å². The van der Waals surface area contributed by atoms with Gasteiger partial charge in [0.15, 0.2) is 5.78 Å². The lowest BCUT2D eigenvalue weighted by Crippen LogP contribution is -2.27. The molecule has 144 valence electrons. The number of hydrogen-bond acceptors (Lipinski definition) is 2. The number of halogens is 3. The number of aryl methyl sites for hydroxylation is 2. The number of hydrogen-bond donors (Lipinski definition) is 1. The van der Waals surface area contributed by atoms with E-state index in [-0.39, 0.29) is 24.5 Å². The molecule has 27 heavy (non-hydrogen) atoms. The molecule has 0 spiro atoms. The molecule has 3 nitrogen and oxygen atoms in total. The molecule has 1 N–H and O–H groups in total. The Balaban J connectivity index is 1.95. The van der Waals surface area contributed by atoms with Crippen LogP contribution in [0.5, 0.6) is 0 Å². The zero-order valence-electron chi connectivity index (χ0n) is 15.5. The zero-order chi connectivity index (χ0) is 20.2. The minimum absolute atomic E-state index is 0.0183. The van der Waals surface area contributed by atoms with E-state index in [9.17, 15) is 22.8 Å². The number of nitrogens with one attached hydrogen (secondary N) is 1. The molecule has 6 heteroatoms. The van der Waals surface area contributed by atoms with Crippen LogP contribution in [0.3, 0.4) is 0 Å². The van der Waals surface area contributed by atoms with E-state index in [1.54, 1.807) is 13.0 Å². The van der Waals surface area contributed by atoms with Gasteiger partial charge in [0, 0.05) is 18.4 Å². The fourth-order valence-corrected chi connectivity index (χ4v) is 2.78. The fourth-order valence-electron chi connectivity index (χ4n) is 2.78. The Morgan fingerprint density at radius 3 is 2.41 bits per heavy atom. The fraction of sp³-hybridized carbons (Fsp3) is 0.333. The van der Waals surface area contributed by atoms with Crippen molar-refractivity contribution >= 4 is 11.7 Å². The maximum atomic E-state index is 12.8. The monoisotopic (exact) mass is 377 g/mol. The molecule has 0 heterocycles. The molecule has 2 rings (SSSR count). The first-order chi connectivity index (χ1) is 12.6. The molecule has 0 aliphatic rings. The van der Waals surface area contributed by atoms with Gasteiger partial charge in [-0.1, -0.05) is 29.8 Å². The first-order valence-electron chi connectivity index (χ1n) is 8.65. The number of amides is 1. The van der Waals surface area contributed by atoms with Crippen LogP contribution in [-0.4, -0.2) is 11.7 Å². The summed E-state index contributed by atoms with van der Waals surface area (Å²) in [4.78, 5) is 24.4. The maximum Gasteiger partial charge on any atom is 0.416 e. The highest BCUT2D eigenvalue weighted by Gasteiger charge is 2.30. The van der Waals surface area contributed by atoms with E-state index < -0.39 is 17.8 Å². The number of benzene rings is 2. The highest BCUT2D eigenvalue weighted by molar-refractivity contribution is 5.99. The number of alkyl halides is 3. The number of ketones is 1. The molecule has 0 fully saturated rings. The van der Waals surface area contributed by atoms with Crippen molar-refractivity contribution in [1.82, 2.24) is 5.32 Å². The smallest absolute Gasteiger partial charge is 0.350 e. The van der Waals surface area contributed by atoms with Crippen molar-refractivity contribution in [2.75, 3.05) is 0 Å². The Hall–Kier alpha value is -2.63. The standard InChI is InChI=1S/C21H22F3NO2/c1-13-7-8-14(2)18(11-13)19(26)9-10-20(27)25-15(3)16-5-4-6-17(12-16)21(22,23)24/h4-8,11-12,15H,9-10H2,1-3H3,(H,25,27). The predicted octanol–water partition coefficient (Wildman–Crippen LogP) is 5.16. The van der Waals surface area contributed by atoms with Crippen molar-refractivity contribution in [1.29, 1.82) is 0 Å². The number of Topliss-reactive ketones (excluding diaryl/α,β-unsaturated/α-hetero) is 1. The highest BCUT2D eigenvalue weighted by atomic mass is 19.4. The minimum Gasteiger partial charge on any atom is -0.350 e. The van der Waals surface area contributed by atoms with E-state index in [0.717, 1.165) is 23.3 Å². The van der Waals surface area contributed by atoms with Crippen LogP contribution >= 0.6 is 0 Å². The van der Waals surface area contributed by atoms with E-state index in [1.165, 1.54) is 12.1 Å². The average molecular weight is 377 g/mol. The van der Waals surface area contributed by atoms with Gasteiger partial charge >= 0.3 is 6.18 Å². The Morgan fingerprint density at radius 1 is 1.04 bits per heavy atom. The van der Waals surface area contributed by atoms with Gasteiger partial charge in [-0.05, 0) is 50.1 Å². The molecule has 1 atom stereocenters. The van der Waals surface area contributed by atoms with Gasteiger partial charge in [-0.25, -0.2) is 0 Å². The van der Waals surface area contributed by atoms with Gasteiger partial charge in [0.1, 0.15) is 0 Å². The van der Waals surface area contributed by atoms with Crippen LogP contribution in [0.25, 0.3) is 0 Å². The predicted molar refractivity (Wildman–Crippen MR) is 97.5 cm³/mol. The van der Waals surface area contributed by atoms with Crippen molar-refractivity contribution in [2.24, 2.45) is 0 Å². The summed E-state index contributed by atoms with van der Waals surface area (Å²) in [6.45, 7) is 5.34. The Kier molecular flexibility index (Phi) is 6.41. The van der Waals surface area contributed by atoms with Gasteiger partial charge in [-0.15, -0.1) is 0 Å². The second kappa shape index (κ2) is 8.37. The van der Waals surface area contributed by atoms with Crippen LogP contribution in [-0.2, 0) is 11.0 Å². The summed E-state index contributed by atoms with van der Waals surface area (Å²) < 4.78 is 38.4. The van der Waals surface area contributed by atoms with Gasteiger partial charge in [0.05, 0.1) is 11.6 Å². The Morgan fingerprint density at radius 2 is 1.74 bits per heavy atom. The van der Waals surface area contributed by atoms with Gasteiger partial charge < -0.3 is 5.32 Å². The van der Waals surface area contributed by atoms with E-state index in [0.29, 0.717) is 11.1 Å². The van der Waals surface area contributed by atoms with Crippen LogP contribution in [0.1, 0.15) is 58.4 Å². The summed E-state index contributed by atoms with van der Waals surface area (Å²) in [6.07, 6.45) is -4.40. The SMILES string of the molecule is Cc1ccc(C)c(C(=O)CCC(=O)NC(C)c2cccc(C(F)(F)F)c2)c1. The molecule has 0 aromatic heterocycles. The zero-order valence-corrected chi connectivity index (χ0v) is 15.5. The molecule has 1 unspecified atom stereocenters. The van der Waals surface area contributed by atoms with Gasteiger partial charge in [0.25, 0.3) is 0 Å². The number of rotatable bonds is 6. The van der Waals surface area contributed by atoms with E-state index in [4.69, 9.17) is 0 Å². The molecule has 0 radical (unpaired) electrons. The first kappa shape index (κ1) is 20.7. The molecular formula is C21H22F3NO2. The molecule has 0 aliphatic heterocycles. The van der Waals surface area contributed by atoms with Crippen molar-refractivity contribution in [3.8, 4) is 0 Å². The third-order valence-corrected chi connectivity index (χ3v) is 4.36. The average Bonchev–Trinajstić information content (AvgIpc) is 2.61. The van der Waals surface area contributed by atoms with Crippen LogP contribution in [0.15, 0.2) is 42.5 Å². The van der Waals surface area contributed by atoms with Crippen molar-refractivity contribution in [2.45, 2.75) is 45.8 Å². The second-order valence-corrected chi connectivity index (χ2v) is 6.65. The summed E-state index contributed by atoms with van der Waals surface area (Å²) in [5, 5.41) is 2.65. The van der Waals surface area contributed by atoms with Crippen LogP contribution < -0.4 is 5.32 Å². The molecule has 1 amide bonds. The largest absolute Gasteiger partial charge is 0.416 e. The summed E-state index contributed by atoms with van der Waals surface area (Å²) >= 11 is 0. The quantitative estimate of drug-likeness (QED) is 0.707. The summed E-state index contributed by atoms with van der Waals surface area (Å²) in [5.41, 5.74) is 2.01. The second-order valence-electron chi connectivity index (χ2n) is 6.65. The van der Waals surface area contributed by atoms with E-state index in [1.807, 2.05) is 26.0 Å². The molecule has 2 aromatic carbocycles. The summed E-state index contributed by atoms with van der Waals surface area (Å²) in [6, 6.07) is 9.82. The molecule has 0 saturated heterocycles. The molecule has 2 aromatic rings. The first-order valence-corrected chi connectivity index (χ1v) is 8.65.